The monoisotopic (exact) mass is 623 g/mol. The van der Waals surface area contributed by atoms with Gasteiger partial charge in [-0.2, -0.15) is 0 Å². The largest absolute Gasteiger partial charge is 0.466 e. The van der Waals surface area contributed by atoms with E-state index in [4.69, 9.17) is 43.1 Å². The van der Waals surface area contributed by atoms with Crippen LogP contribution in [0.3, 0.4) is 0 Å². The molecule has 2 amide bonds. The number of unbranched alkanes of at least 4 members (excludes halogenated alkanes) is 11. The molecule has 0 saturated heterocycles. The molecule has 0 spiro atoms. The van der Waals surface area contributed by atoms with Crippen molar-refractivity contribution in [2.75, 3.05) is 13.2 Å². The number of nitrogens with one attached hydrogen (secondary N) is 1. The van der Waals surface area contributed by atoms with Crippen LogP contribution in [0.4, 0.5) is 9.18 Å². The normalized spacial score (nSPS) is 20.7. The first kappa shape index (κ1) is 35.1. The molecule has 0 aliphatic carbocycles. The highest BCUT2D eigenvalue weighted by Gasteiger charge is 2.41. The summed E-state index contributed by atoms with van der Waals surface area (Å²) in [5.41, 5.74) is 5.57. The Morgan fingerprint density at radius 1 is 1.00 bits per heavy atom. The Hall–Kier alpha value is -2.08. The zero-order valence-electron chi connectivity index (χ0n) is 23.8. The van der Waals surface area contributed by atoms with Crippen molar-refractivity contribution in [3.63, 3.8) is 0 Å². The van der Waals surface area contributed by atoms with E-state index in [0.29, 0.717) is 12.8 Å². The second kappa shape index (κ2) is 18.5. The number of nitrogens with two attached hydrogens (primary N) is 1. The number of rotatable bonds is 20. The molecule has 10 nitrogen and oxygen atoms in total. The number of amides is 2. The number of aliphatic hydroxyl groups is 1. The summed E-state index contributed by atoms with van der Waals surface area (Å²) in [6.45, 7) is 1.26. The summed E-state index contributed by atoms with van der Waals surface area (Å²) < 4.78 is 28.9. The number of carbonyl (C=O) groups excluding carboxylic acids is 3. The van der Waals surface area contributed by atoms with Gasteiger partial charge in [0.2, 0.25) is 5.88 Å². The molecule has 2 aliphatic heterocycles. The van der Waals surface area contributed by atoms with Crippen molar-refractivity contribution in [3.8, 4) is 0 Å². The Kier molecular flexibility index (Phi) is 15.8. The molecule has 2 rings (SSSR count). The Morgan fingerprint density at radius 2 is 1.49 bits per heavy atom. The van der Waals surface area contributed by atoms with Crippen LogP contribution in [-0.2, 0) is 23.8 Å². The summed E-state index contributed by atoms with van der Waals surface area (Å²) in [6.07, 6.45) is 12.4. The molecule has 234 valence electrons. The first-order valence-electron chi connectivity index (χ1n) is 14.4. The predicted molar refractivity (Wildman–Crippen MR) is 153 cm³/mol. The van der Waals surface area contributed by atoms with E-state index in [1.54, 1.807) is 6.92 Å². The molecule has 3 unspecified atom stereocenters. The quantitative estimate of drug-likeness (QED) is 0.0923. The van der Waals surface area contributed by atoms with Gasteiger partial charge in [-0.3, -0.25) is 9.59 Å². The molecular weight excluding hydrogens is 580 g/mol. The Labute approximate surface area is 251 Å². The summed E-state index contributed by atoms with van der Waals surface area (Å²) in [7, 11) is 0. The van der Waals surface area contributed by atoms with E-state index in [9.17, 15) is 23.9 Å². The lowest BCUT2D eigenvalue weighted by Crippen LogP contribution is -2.49. The summed E-state index contributed by atoms with van der Waals surface area (Å²) in [5.74, 6) is -2.16. The maximum Gasteiger partial charge on any atom is 0.329 e. The standard InChI is InChI=1S/C28H44Cl2FN3O7/c1-28(29,30)19-40-23(36)15-13-11-9-7-5-3-2-4-6-8-10-12-14-22(35)39-18-20-25(37)24(31)26(41-20)34-17-16-21(32)33-27(34)38/h16-17,20-21,25,37H,2-15,18-19,32H2,1H3,(H,33,38). The smallest absolute Gasteiger partial charge is 0.329 e. The van der Waals surface area contributed by atoms with E-state index in [-0.39, 0.29) is 25.6 Å². The van der Waals surface area contributed by atoms with Crippen molar-refractivity contribution >= 4 is 41.2 Å². The van der Waals surface area contributed by atoms with Crippen molar-refractivity contribution in [1.82, 2.24) is 10.2 Å². The first-order valence-corrected chi connectivity index (χ1v) is 15.2. The molecule has 0 aromatic carbocycles. The first-order chi connectivity index (χ1) is 19.5. The molecule has 0 fully saturated rings. The molecule has 0 saturated carbocycles. The molecule has 0 aromatic rings. The van der Waals surface area contributed by atoms with Gasteiger partial charge >= 0.3 is 18.0 Å². The number of urea groups is 1. The van der Waals surface area contributed by atoms with Crippen molar-refractivity contribution in [1.29, 1.82) is 0 Å². The van der Waals surface area contributed by atoms with Gasteiger partial charge in [0.1, 0.15) is 17.5 Å². The molecule has 4 N–H and O–H groups in total. The highest BCUT2D eigenvalue weighted by atomic mass is 35.5. The summed E-state index contributed by atoms with van der Waals surface area (Å²) in [4.78, 5) is 36.5. The SMILES string of the molecule is CC(Cl)(Cl)COC(=O)CCCCCCCCCCCCCCC(=O)OCC1OC(N2C=CC(N)NC2=O)=C(F)C1O. The second-order valence-electron chi connectivity index (χ2n) is 10.6. The third-order valence-electron chi connectivity index (χ3n) is 6.66. The van der Waals surface area contributed by atoms with E-state index in [1.165, 1.54) is 31.5 Å². The van der Waals surface area contributed by atoms with Crippen molar-refractivity contribution in [2.45, 2.75) is 120 Å². The third kappa shape index (κ3) is 14.1. The molecule has 2 aliphatic rings. The van der Waals surface area contributed by atoms with Gasteiger partial charge in [-0.15, -0.1) is 0 Å². The Bertz CT molecular complexity index is 914. The van der Waals surface area contributed by atoms with E-state index < -0.39 is 46.4 Å². The Balaban J connectivity index is 1.40. The van der Waals surface area contributed by atoms with Crippen LogP contribution in [0.1, 0.15) is 96.8 Å². The molecular formula is C28H44Cl2FN3O7. The number of carbonyl (C=O) groups is 3. The molecule has 0 bridgehead atoms. The second-order valence-corrected chi connectivity index (χ2v) is 12.5. The maximum atomic E-state index is 14.4. The minimum atomic E-state index is -1.64. The summed E-state index contributed by atoms with van der Waals surface area (Å²) in [5, 5.41) is 12.5. The predicted octanol–water partition coefficient (Wildman–Crippen LogP) is 5.45. The van der Waals surface area contributed by atoms with Gasteiger partial charge in [0, 0.05) is 19.0 Å². The number of hydrogen-bond acceptors (Lipinski definition) is 8. The number of halogens is 3. The van der Waals surface area contributed by atoms with Gasteiger partial charge in [0.05, 0.1) is 6.17 Å². The zero-order chi connectivity index (χ0) is 30.3. The lowest BCUT2D eigenvalue weighted by molar-refractivity contribution is -0.148. The lowest BCUT2D eigenvalue weighted by atomic mass is 10.0. The third-order valence-corrected chi connectivity index (χ3v) is 6.87. The molecule has 13 heteroatoms. The number of esters is 2. The number of hydrogen-bond donors (Lipinski definition) is 3. The van der Waals surface area contributed by atoms with Gasteiger partial charge in [-0.1, -0.05) is 87.4 Å². The van der Waals surface area contributed by atoms with Gasteiger partial charge in [0.15, 0.2) is 18.0 Å². The molecule has 0 aromatic heterocycles. The molecule has 3 atom stereocenters. The zero-order valence-corrected chi connectivity index (χ0v) is 25.3. The van der Waals surface area contributed by atoms with Crippen LogP contribution in [0.25, 0.3) is 0 Å². The molecule has 41 heavy (non-hydrogen) atoms. The minimum absolute atomic E-state index is 0.00406. The number of nitrogens with zero attached hydrogens (tertiary/aromatic N) is 1. The van der Waals surface area contributed by atoms with Crippen molar-refractivity contribution in [3.05, 3.63) is 24.0 Å². The van der Waals surface area contributed by atoms with Gasteiger partial charge in [0.25, 0.3) is 0 Å². The summed E-state index contributed by atoms with van der Waals surface area (Å²) >= 11 is 11.6. The van der Waals surface area contributed by atoms with Crippen LogP contribution >= 0.6 is 23.2 Å². The van der Waals surface area contributed by atoms with E-state index in [2.05, 4.69) is 5.32 Å². The highest BCUT2D eigenvalue weighted by Crippen LogP contribution is 2.30. The number of ether oxygens (including phenoxy) is 3. The van der Waals surface area contributed by atoms with Gasteiger partial charge < -0.3 is 30.4 Å². The van der Waals surface area contributed by atoms with Crippen LogP contribution in [-0.4, -0.2) is 63.9 Å². The van der Waals surface area contributed by atoms with Crippen molar-refractivity contribution < 1.29 is 38.1 Å². The van der Waals surface area contributed by atoms with Crippen LogP contribution in [0, 0.1) is 0 Å². The van der Waals surface area contributed by atoms with Crippen LogP contribution in [0.5, 0.6) is 0 Å². The van der Waals surface area contributed by atoms with E-state index >= 15 is 0 Å². The van der Waals surface area contributed by atoms with Crippen LogP contribution in [0.2, 0.25) is 0 Å². The fourth-order valence-electron chi connectivity index (χ4n) is 4.35. The molecule has 2 heterocycles. The van der Waals surface area contributed by atoms with Crippen LogP contribution < -0.4 is 11.1 Å². The average Bonchev–Trinajstić information content (AvgIpc) is 3.19. The Morgan fingerprint density at radius 3 is 1.98 bits per heavy atom. The fourth-order valence-corrected chi connectivity index (χ4v) is 4.46. The van der Waals surface area contributed by atoms with Crippen molar-refractivity contribution in [2.24, 2.45) is 5.73 Å². The summed E-state index contributed by atoms with van der Waals surface area (Å²) in [6, 6.07) is -0.692. The van der Waals surface area contributed by atoms with E-state index in [0.717, 1.165) is 56.3 Å². The van der Waals surface area contributed by atoms with E-state index in [1.807, 2.05) is 0 Å². The maximum absolute atomic E-state index is 14.4. The number of alkyl halides is 2. The average molecular weight is 625 g/mol. The topological polar surface area (TPSA) is 140 Å². The van der Waals surface area contributed by atoms with Crippen LogP contribution in [0.15, 0.2) is 24.0 Å². The molecule has 0 radical (unpaired) electrons. The van der Waals surface area contributed by atoms with Gasteiger partial charge in [-0.05, 0) is 25.8 Å². The number of aliphatic hydroxyl groups excluding tert-OH is 1. The highest BCUT2D eigenvalue weighted by molar-refractivity contribution is 6.48. The van der Waals surface area contributed by atoms with Gasteiger partial charge in [-0.25, -0.2) is 14.1 Å². The fraction of sp³-hybridized carbons (Fsp3) is 0.750. The lowest BCUT2D eigenvalue weighted by Gasteiger charge is -2.26. The minimum Gasteiger partial charge on any atom is -0.466 e.